The number of rotatable bonds is 8. The first-order valence-electron chi connectivity index (χ1n) is 8.56. The predicted molar refractivity (Wildman–Crippen MR) is 102 cm³/mol. The topological polar surface area (TPSA) is 39.7 Å². The van der Waals surface area contributed by atoms with E-state index in [9.17, 15) is 0 Å². The minimum Gasteiger partial charge on any atom is -0.356 e. The molecule has 128 valence electrons. The van der Waals surface area contributed by atoms with E-state index in [2.05, 4.69) is 69.7 Å². The van der Waals surface area contributed by atoms with Crippen LogP contribution < -0.4 is 10.6 Å². The molecule has 2 N–H and O–H groups in total. The van der Waals surface area contributed by atoms with Crippen molar-refractivity contribution in [3.63, 3.8) is 0 Å². The molecule has 1 unspecified atom stereocenters. The molecule has 1 heterocycles. The number of guanidine groups is 1. The Morgan fingerprint density at radius 3 is 2.83 bits per heavy atom. The minimum atomic E-state index is 0.755. The second kappa shape index (κ2) is 10.6. The van der Waals surface area contributed by atoms with E-state index >= 15 is 0 Å². The van der Waals surface area contributed by atoms with Crippen LogP contribution in [-0.4, -0.2) is 55.6 Å². The Kier molecular flexibility index (Phi) is 8.32. The summed E-state index contributed by atoms with van der Waals surface area (Å²) in [6.07, 6.45) is 3.80. The molecule has 1 saturated heterocycles. The van der Waals surface area contributed by atoms with E-state index in [4.69, 9.17) is 0 Å². The lowest BCUT2D eigenvalue weighted by atomic mass is 10.2. The summed E-state index contributed by atoms with van der Waals surface area (Å²) in [6, 6.07) is 10.6. The molecule has 0 aliphatic carbocycles. The summed E-state index contributed by atoms with van der Waals surface area (Å²) >= 11 is 2.08. The van der Waals surface area contributed by atoms with Crippen molar-refractivity contribution >= 4 is 17.7 Å². The number of nitrogens with one attached hydrogen (secondary N) is 2. The van der Waals surface area contributed by atoms with Crippen LogP contribution in [0.25, 0.3) is 0 Å². The first kappa shape index (κ1) is 18.1. The van der Waals surface area contributed by atoms with Crippen molar-refractivity contribution in [2.24, 2.45) is 4.99 Å². The standard InChI is InChI=1S/C18H30N4S/c1-19-18(21-14-17-10-6-13-23-17)20-11-7-12-22(2)15-16-8-4-3-5-9-16/h3-5,8-9,17H,6-7,10-15H2,1-2H3,(H2,19,20,21). The number of hydrogen-bond acceptors (Lipinski definition) is 3. The number of aliphatic imine (C=N–C) groups is 1. The molecule has 0 radical (unpaired) electrons. The van der Waals surface area contributed by atoms with Gasteiger partial charge in [0, 0.05) is 31.9 Å². The van der Waals surface area contributed by atoms with Gasteiger partial charge in [-0.1, -0.05) is 30.3 Å². The zero-order valence-corrected chi connectivity index (χ0v) is 15.2. The van der Waals surface area contributed by atoms with Gasteiger partial charge in [-0.05, 0) is 44.2 Å². The molecule has 4 nitrogen and oxygen atoms in total. The van der Waals surface area contributed by atoms with Gasteiger partial charge in [-0.25, -0.2) is 0 Å². The van der Waals surface area contributed by atoms with Crippen molar-refractivity contribution in [3.05, 3.63) is 35.9 Å². The SMILES string of the molecule is CN=C(NCCCN(C)Cc1ccccc1)NCC1CCCS1. The molecular weight excluding hydrogens is 304 g/mol. The average Bonchev–Trinajstić information content (AvgIpc) is 3.08. The fourth-order valence-electron chi connectivity index (χ4n) is 2.77. The molecule has 1 aliphatic rings. The van der Waals surface area contributed by atoms with E-state index in [0.717, 1.165) is 43.8 Å². The lowest BCUT2D eigenvalue weighted by Crippen LogP contribution is -2.41. The first-order valence-corrected chi connectivity index (χ1v) is 9.61. The number of hydrogen-bond donors (Lipinski definition) is 2. The summed E-state index contributed by atoms with van der Waals surface area (Å²) in [5, 5.41) is 7.61. The average molecular weight is 335 g/mol. The van der Waals surface area contributed by atoms with Crippen molar-refractivity contribution in [2.45, 2.75) is 31.1 Å². The maximum absolute atomic E-state index is 4.30. The van der Waals surface area contributed by atoms with Gasteiger partial charge >= 0.3 is 0 Å². The normalized spacial score (nSPS) is 18.4. The number of nitrogens with zero attached hydrogens (tertiary/aromatic N) is 2. The second-order valence-electron chi connectivity index (χ2n) is 6.09. The summed E-state index contributed by atoms with van der Waals surface area (Å²) in [7, 11) is 4.02. The third kappa shape index (κ3) is 7.27. The number of thioether (sulfide) groups is 1. The molecular formula is C18H30N4S. The van der Waals surface area contributed by atoms with Gasteiger partial charge in [0.25, 0.3) is 0 Å². The fourth-order valence-corrected chi connectivity index (χ4v) is 3.97. The second-order valence-corrected chi connectivity index (χ2v) is 7.50. The van der Waals surface area contributed by atoms with Crippen LogP contribution in [0.15, 0.2) is 35.3 Å². The summed E-state index contributed by atoms with van der Waals surface area (Å²) in [6.45, 7) is 4.07. The van der Waals surface area contributed by atoms with E-state index in [-0.39, 0.29) is 0 Å². The fraction of sp³-hybridized carbons (Fsp3) is 0.611. The summed E-state index contributed by atoms with van der Waals surface area (Å²) in [5.41, 5.74) is 1.37. The molecule has 5 heteroatoms. The molecule has 0 saturated carbocycles. The lowest BCUT2D eigenvalue weighted by Gasteiger charge is -2.18. The molecule has 0 spiro atoms. The minimum absolute atomic E-state index is 0.755. The molecule has 1 aromatic carbocycles. The van der Waals surface area contributed by atoms with Crippen LogP contribution in [0.3, 0.4) is 0 Å². The van der Waals surface area contributed by atoms with E-state index < -0.39 is 0 Å². The van der Waals surface area contributed by atoms with Crippen LogP contribution in [0.1, 0.15) is 24.8 Å². The molecule has 2 rings (SSSR count). The Balaban J connectivity index is 1.56. The predicted octanol–water partition coefficient (Wildman–Crippen LogP) is 2.57. The number of benzene rings is 1. The van der Waals surface area contributed by atoms with E-state index in [1.807, 2.05) is 7.05 Å². The molecule has 1 fully saturated rings. The zero-order valence-electron chi connectivity index (χ0n) is 14.4. The summed E-state index contributed by atoms with van der Waals surface area (Å²) in [4.78, 5) is 6.67. The highest BCUT2D eigenvalue weighted by atomic mass is 32.2. The smallest absolute Gasteiger partial charge is 0.191 e. The molecule has 1 aliphatic heterocycles. The highest BCUT2D eigenvalue weighted by molar-refractivity contribution is 8.00. The van der Waals surface area contributed by atoms with E-state index in [1.54, 1.807) is 0 Å². The quantitative estimate of drug-likeness (QED) is 0.435. The highest BCUT2D eigenvalue weighted by Crippen LogP contribution is 2.25. The van der Waals surface area contributed by atoms with Crippen molar-refractivity contribution < 1.29 is 0 Å². The van der Waals surface area contributed by atoms with Crippen LogP contribution in [0.5, 0.6) is 0 Å². The third-order valence-electron chi connectivity index (χ3n) is 4.05. The van der Waals surface area contributed by atoms with Gasteiger partial charge in [0.15, 0.2) is 5.96 Å². The summed E-state index contributed by atoms with van der Waals surface area (Å²) < 4.78 is 0. The molecule has 23 heavy (non-hydrogen) atoms. The van der Waals surface area contributed by atoms with Gasteiger partial charge in [-0.15, -0.1) is 0 Å². The van der Waals surface area contributed by atoms with Crippen molar-refractivity contribution in [1.29, 1.82) is 0 Å². The van der Waals surface area contributed by atoms with Gasteiger partial charge in [0.1, 0.15) is 0 Å². The Hall–Kier alpha value is -1.20. The zero-order chi connectivity index (χ0) is 16.3. The van der Waals surface area contributed by atoms with E-state index in [1.165, 1.54) is 24.2 Å². The van der Waals surface area contributed by atoms with Crippen molar-refractivity contribution in [1.82, 2.24) is 15.5 Å². The van der Waals surface area contributed by atoms with Gasteiger partial charge in [-0.3, -0.25) is 4.99 Å². The molecule has 1 aromatic rings. The monoisotopic (exact) mass is 334 g/mol. The maximum Gasteiger partial charge on any atom is 0.191 e. The first-order chi connectivity index (χ1) is 11.3. The van der Waals surface area contributed by atoms with Crippen LogP contribution in [0, 0.1) is 0 Å². The lowest BCUT2D eigenvalue weighted by molar-refractivity contribution is 0.322. The van der Waals surface area contributed by atoms with Crippen molar-refractivity contribution in [3.8, 4) is 0 Å². The highest BCUT2D eigenvalue weighted by Gasteiger charge is 2.15. The van der Waals surface area contributed by atoms with Gasteiger partial charge in [-0.2, -0.15) is 11.8 Å². The Morgan fingerprint density at radius 1 is 1.30 bits per heavy atom. The van der Waals surface area contributed by atoms with Crippen molar-refractivity contribution in [2.75, 3.05) is 39.5 Å². The van der Waals surface area contributed by atoms with Crippen LogP contribution in [0.2, 0.25) is 0 Å². The Bertz CT molecular complexity index is 457. The van der Waals surface area contributed by atoms with Gasteiger partial charge in [0.2, 0.25) is 0 Å². The van der Waals surface area contributed by atoms with Gasteiger partial charge < -0.3 is 15.5 Å². The Labute approximate surface area is 145 Å². The van der Waals surface area contributed by atoms with Gasteiger partial charge in [0.05, 0.1) is 0 Å². The largest absolute Gasteiger partial charge is 0.356 e. The summed E-state index contributed by atoms with van der Waals surface area (Å²) in [5.74, 6) is 2.25. The molecule has 0 amide bonds. The third-order valence-corrected chi connectivity index (χ3v) is 5.45. The van der Waals surface area contributed by atoms with Crippen LogP contribution >= 0.6 is 11.8 Å². The Morgan fingerprint density at radius 2 is 2.13 bits per heavy atom. The van der Waals surface area contributed by atoms with E-state index in [0.29, 0.717) is 0 Å². The van der Waals surface area contributed by atoms with Crippen LogP contribution in [-0.2, 0) is 6.54 Å². The molecule has 0 bridgehead atoms. The molecule has 0 aromatic heterocycles. The molecule has 1 atom stereocenters. The van der Waals surface area contributed by atoms with Crippen LogP contribution in [0.4, 0.5) is 0 Å². The maximum atomic E-state index is 4.30.